The van der Waals surface area contributed by atoms with E-state index in [0.717, 1.165) is 12.1 Å². The topological polar surface area (TPSA) is 26.0 Å². The Bertz CT molecular complexity index is 540. The van der Waals surface area contributed by atoms with Crippen molar-refractivity contribution in [2.45, 2.75) is 6.04 Å². The molecule has 0 bridgehead atoms. The lowest BCUT2D eigenvalue weighted by Gasteiger charge is -2.12. The molecule has 0 spiro atoms. The molecule has 2 aromatic carbocycles. The van der Waals surface area contributed by atoms with Gasteiger partial charge in [0.25, 0.3) is 0 Å². The third-order valence-electron chi connectivity index (χ3n) is 2.51. The van der Waals surface area contributed by atoms with Crippen molar-refractivity contribution in [3.63, 3.8) is 0 Å². The maximum Gasteiger partial charge on any atom is 0.159 e. The summed E-state index contributed by atoms with van der Waals surface area (Å²) in [7, 11) is 0. The summed E-state index contributed by atoms with van der Waals surface area (Å²) < 4.78 is 38.8. The Morgan fingerprint density at radius 2 is 1.53 bits per heavy atom. The van der Waals surface area contributed by atoms with Crippen LogP contribution in [0.1, 0.15) is 17.2 Å². The maximum absolute atomic E-state index is 13.0. The summed E-state index contributed by atoms with van der Waals surface area (Å²) in [6.45, 7) is 0. The first kappa shape index (κ1) is 11.7. The van der Waals surface area contributed by atoms with Crippen molar-refractivity contribution in [1.29, 1.82) is 0 Å². The van der Waals surface area contributed by atoms with Crippen LogP contribution in [0.25, 0.3) is 0 Å². The lowest BCUT2D eigenvalue weighted by Crippen LogP contribution is -2.12. The highest BCUT2D eigenvalue weighted by Crippen LogP contribution is 2.21. The summed E-state index contributed by atoms with van der Waals surface area (Å²) in [5.41, 5.74) is 6.76. The van der Waals surface area contributed by atoms with E-state index in [0.29, 0.717) is 11.1 Å². The van der Waals surface area contributed by atoms with E-state index in [4.69, 9.17) is 5.73 Å². The van der Waals surface area contributed by atoms with Crippen LogP contribution in [-0.4, -0.2) is 0 Å². The third-order valence-corrected chi connectivity index (χ3v) is 2.51. The van der Waals surface area contributed by atoms with Gasteiger partial charge in [0.1, 0.15) is 5.82 Å². The largest absolute Gasteiger partial charge is 0.320 e. The summed E-state index contributed by atoms with van der Waals surface area (Å²) in [5.74, 6) is -2.31. The quantitative estimate of drug-likeness (QED) is 0.853. The zero-order chi connectivity index (χ0) is 12.4. The number of rotatable bonds is 2. The molecular weight excluding hydrogens is 227 g/mol. The van der Waals surface area contributed by atoms with Crippen molar-refractivity contribution < 1.29 is 13.2 Å². The SMILES string of the molecule is NC(c1cccc(F)c1)c1ccc(F)c(F)c1. The number of hydrogen-bond donors (Lipinski definition) is 1. The molecule has 0 saturated heterocycles. The molecular formula is C13H10F3N. The Balaban J connectivity index is 2.36. The molecule has 4 heteroatoms. The summed E-state index contributed by atoms with van der Waals surface area (Å²) >= 11 is 0. The molecule has 1 atom stereocenters. The van der Waals surface area contributed by atoms with Crippen LogP contribution in [0.3, 0.4) is 0 Å². The molecule has 17 heavy (non-hydrogen) atoms. The van der Waals surface area contributed by atoms with Crippen molar-refractivity contribution in [2.24, 2.45) is 5.73 Å². The van der Waals surface area contributed by atoms with Crippen molar-refractivity contribution in [3.05, 3.63) is 71.0 Å². The predicted molar refractivity (Wildman–Crippen MR) is 58.8 cm³/mol. The molecule has 2 rings (SSSR count). The van der Waals surface area contributed by atoms with Crippen LogP contribution in [0.2, 0.25) is 0 Å². The lowest BCUT2D eigenvalue weighted by atomic mass is 9.99. The van der Waals surface area contributed by atoms with Crippen LogP contribution in [-0.2, 0) is 0 Å². The minimum atomic E-state index is -0.964. The monoisotopic (exact) mass is 237 g/mol. The minimum Gasteiger partial charge on any atom is -0.320 e. The molecule has 1 nitrogen and oxygen atoms in total. The van der Waals surface area contributed by atoms with Crippen molar-refractivity contribution >= 4 is 0 Å². The van der Waals surface area contributed by atoms with Gasteiger partial charge < -0.3 is 5.73 Å². The molecule has 0 aliphatic carbocycles. The highest BCUT2D eigenvalue weighted by atomic mass is 19.2. The van der Waals surface area contributed by atoms with E-state index < -0.39 is 23.5 Å². The molecule has 0 fully saturated rings. The summed E-state index contributed by atoms with van der Waals surface area (Å²) in [6.07, 6.45) is 0. The van der Waals surface area contributed by atoms with Crippen LogP contribution >= 0.6 is 0 Å². The summed E-state index contributed by atoms with van der Waals surface area (Å²) in [6, 6.07) is 8.44. The van der Waals surface area contributed by atoms with Gasteiger partial charge in [0.2, 0.25) is 0 Å². The highest BCUT2D eigenvalue weighted by molar-refractivity contribution is 5.32. The predicted octanol–water partition coefficient (Wildman–Crippen LogP) is 3.15. The van der Waals surface area contributed by atoms with Gasteiger partial charge in [-0.1, -0.05) is 18.2 Å². The van der Waals surface area contributed by atoms with E-state index >= 15 is 0 Å². The molecule has 0 radical (unpaired) electrons. The van der Waals surface area contributed by atoms with E-state index in [-0.39, 0.29) is 0 Å². The van der Waals surface area contributed by atoms with Crippen LogP contribution in [0.4, 0.5) is 13.2 Å². The van der Waals surface area contributed by atoms with E-state index in [9.17, 15) is 13.2 Å². The third kappa shape index (κ3) is 2.47. The van der Waals surface area contributed by atoms with E-state index in [1.807, 2.05) is 0 Å². The average molecular weight is 237 g/mol. The Morgan fingerprint density at radius 1 is 0.824 bits per heavy atom. The fourth-order valence-electron chi connectivity index (χ4n) is 1.60. The van der Waals surface area contributed by atoms with Crippen molar-refractivity contribution in [1.82, 2.24) is 0 Å². The van der Waals surface area contributed by atoms with Crippen molar-refractivity contribution in [3.8, 4) is 0 Å². The van der Waals surface area contributed by atoms with Gasteiger partial charge in [0, 0.05) is 0 Å². The molecule has 0 aliphatic heterocycles. The normalized spacial score (nSPS) is 12.5. The molecule has 2 aromatic rings. The second-order valence-corrected chi connectivity index (χ2v) is 3.71. The minimum absolute atomic E-state index is 0.398. The number of benzene rings is 2. The molecule has 2 N–H and O–H groups in total. The molecule has 0 heterocycles. The van der Waals surface area contributed by atoms with Gasteiger partial charge in [0.15, 0.2) is 11.6 Å². The number of halogens is 3. The second-order valence-electron chi connectivity index (χ2n) is 3.71. The Kier molecular flexibility index (Phi) is 3.15. The molecule has 0 saturated carbocycles. The second kappa shape index (κ2) is 4.59. The fourth-order valence-corrected chi connectivity index (χ4v) is 1.60. The van der Waals surface area contributed by atoms with Gasteiger partial charge >= 0.3 is 0 Å². The van der Waals surface area contributed by atoms with E-state index in [1.165, 1.54) is 24.3 Å². The maximum atomic E-state index is 13.0. The lowest BCUT2D eigenvalue weighted by molar-refractivity contribution is 0.506. The van der Waals surface area contributed by atoms with E-state index in [2.05, 4.69) is 0 Å². The van der Waals surface area contributed by atoms with Gasteiger partial charge in [-0.25, -0.2) is 13.2 Å². The van der Waals surface area contributed by atoms with Gasteiger partial charge in [-0.15, -0.1) is 0 Å². The Morgan fingerprint density at radius 3 is 2.18 bits per heavy atom. The summed E-state index contributed by atoms with van der Waals surface area (Å²) in [5, 5.41) is 0. The number of hydrogen-bond acceptors (Lipinski definition) is 1. The first-order valence-electron chi connectivity index (χ1n) is 5.04. The van der Waals surface area contributed by atoms with Crippen molar-refractivity contribution in [2.75, 3.05) is 0 Å². The van der Waals surface area contributed by atoms with Crippen LogP contribution in [0.15, 0.2) is 42.5 Å². The first-order chi connectivity index (χ1) is 8.08. The van der Waals surface area contributed by atoms with Crippen LogP contribution in [0.5, 0.6) is 0 Å². The first-order valence-corrected chi connectivity index (χ1v) is 5.04. The van der Waals surface area contributed by atoms with Gasteiger partial charge in [-0.3, -0.25) is 0 Å². The fraction of sp³-hybridized carbons (Fsp3) is 0.0769. The zero-order valence-corrected chi connectivity index (χ0v) is 8.83. The Hall–Kier alpha value is -1.81. The van der Waals surface area contributed by atoms with Crippen LogP contribution < -0.4 is 5.73 Å². The zero-order valence-electron chi connectivity index (χ0n) is 8.83. The van der Waals surface area contributed by atoms with Gasteiger partial charge in [0.05, 0.1) is 6.04 Å². The molecule has 0 aliphatic rings. The summed E-state index contributed by atoms with van der Waals surface area (Å²) in [4.78, 5) is 0. The van der Waals surface area contributed by atoms with Gasteiger partial charge in [-0.2, -0.15) is 0 Å². The molecule has 0 amide bonds. The van der Waals surface area contributed by atoms with Gasteiger partial charge in [-0.05, 0) is 35.4 Å². The number of nitrogens with two attached hydrogens (primary N) is 1. The van der Waals surface area contributed by atoms with E-state index in [1.54, 1.807) is 6.07 Å². The highest BCUT2D eigenvalue weighted by Gasteiger charge is 2.12. The Labute approximate surface area is 96.7 Å². The molecule has 1 unspecified atom stereocenters. The van der Waals surface area contributed by atoms with Crippen LogP contribution in [0, 0.1) is 17.5 Å². The standard InChI is InChI=1S/C13H10F3N/c14-10-3-1-2-8(6-10)13(17)9-4-5-11(15)12(16)7-9/h1-7,13H,17H2. The smallest absolute Gasteiger partial charge is 0.159 e. The molecule has 0 aromatic heterocycles. The average Bonchev–Trinajstić information content (AvgIpc) is 2.32. The molecule has 88 valence electrons.